The molecular weight excluding hydrogens is 294 g/mol. The summed E-state index contributed by atoms with van der Waals surface area (Å²) >= 11 is 0. The van der Waals surface area contributed by atoms with Gasteiger partial charge in [0.2, 0.25) is 5.91 Å². The van der Waals surface area contributed by atoms with Gasteiger partial charge in [0.1, 0.15) is 17.5 Å². The van der Waals surface area contributed by atoms with Crippen molar-refractivity contribution in [3.63, 3.8) is 0 Å². The molecule has 2 N–H and O–H groups in total. The third-order valence-electron chi connectivity index (χ3n) is 4.29. The molecule has 0 spiro atoms. The lowest BCUT2D eigenvalue weighted by atomic mass is 10.1. The number of anilines is 2. The number of carbonyl (C=O) groups excluding carboxylic acids is 1. The Balaban J connectivity index is 1.46. The van der Waals surface area contributed by atoms with Gasteiger partial charge in [0.15, 0.2) is 0 Å². The number of carbonyl (C=O) groups is 1. The Morgan fingerprint density at radius 2 is 2.17 bits per heavy atom. The van der Waals surface area contributed by atoms with E-state index in [1.165, 1.54) is 12.8 Å². The molecule has 0 aliphatic carbocycles. The number of aromatic nitrogens is 2. The van der Waals surface area contributed by atoms with Crippen LogP contribution < -0.4 is 15.5 Å². The van der Waals surface area contributed by atoms with Crippen LogP contribution in [0.4, 0.5) is 11.6 Å². The monoisotopic (exact) mass is 319 g/mol. The molecule has 0 aromatic carbocycles. The van der Waals surface area contributed by atoms with Crippen LogP contribution >= 0.6 is 0 Å². The second-order valence-corrected chi connectivity index (χ2v) is 6.13. The van der Waals surface area contributed by atoms with Gasteiger partial charge in [-0.3, -0.25) is 4.79 Å². The fourth-order valence-corrected chi connectivity index (χ4v) is 3.01. The minimum atomic E-state index is 0.0121. The molecule has 2 fully saturated rings. The summed E-state index contributed by atoms with van der Waals surface area (Å²) in [4.78, 5) is 23.1. The Morgan fingerprint density at radius 3 is 2.91 bits per heavy atom. The molecular formula is C16H25N5O2. The Bertz CT molecular complexity index is 539. The van der Waals surface area contributed by atoms with Crippen molar-refractivity contribution in [2.75, 3.05) is 49.6 Å². The maximum absolute atomic E-state index is 11.9. The molecule has 1 aromatic heterocycles. The molecule has 2 saturated heterocycles. The van der Waals surface area contributed by atoms with Crippen molar-refractivity contribution in [3.05, 3.63) is 11.9 Å². The first-order valence-electron chi connectivity index (χ1n) is 8.42. The molecule has 2 aliphatic rings. The molecule has 7 nitrogen and oxygen atoms in total. The number of nitrogens with one attached hydrogen (secondary N) is 2. The molecule has 2 aliphatic heterocycles. The quantitative estimate of drug-likeness (QED) is 0.760. The molecule has 7 heteroatoms. The van der Waals surface area contributed by atoms with Gasteiger partial charge in [-0.2, -0.15) is 0 Å². The van der Waals surface area contributed by atoms with Crippen molar-refractivity contribution in [2.45, 2.75) is 26.2 Å². The van der Waals surface area contributed by atoms with Gasteiger partial charge in [-0.15, -0.1) is 0 Å². The average molecular weight is 319 g/mol. The minimum absolute atomic E-state index is 0.0121. The molecule has 3 rings (SSSR count). The maximum Gasteiger partial charge on any atom is 0.225 e. The minimum Gasteiger partial charge on any atom is -0.381 e. The number of amides is 1. The first-order valence-corrected chi connectivity index (χ1v) is 8.42. The highest BCUT2D eigenvalue weighted by Crippen LogP contribution is 2.20. The first kappa shape index (κ1) is 16.0. The number of hydrogen-bond acceptors (Lipinski definition) is 6. The van der Waals surface area contributed by atoms with Crippen LogP contribution in [0.1, 0.15) is 25.1 Å². The lowest BCUT2D eigenvalue weighted by molar-refractivity contribution is -0.124. The fourth-order valence-electron chi connectivity index (χ4n) is 3.01. The number of hydrogen-bond donors (Lipinski definition) is 2. The summed E-state index contributed by atoms with van der Waals surface area (Å²) in [6.07, 6.45) is 3.27. The second kappa shape index (κ2) is 7.59. The van der Waals surface area contributed by atoms with E-state index in [1.807, 2.05) is 13.0 Å². The summed E-state index contributed by atoms with van der Waals surface area (Å²) in [6, 6.07) is 1.99. The zero-order valence-corrected chi connectivity index (χ0v) is 13.7. The van der Waals surface area contributed by atoms with Gasteiger partial charge in [-0.25, -0.2) is 9.97 Å². The van der Waals surface area contributed by atoms with Gasteiger partial charge >= 0.3 is 0 Å². The molecule has 0 bridgehead atoms. The smallest absolute Gasteiger partial charge is 0.225 e. The third kappa shape index (κ3) is 4.31. The van der Waals surface area contributed by atoms with Crippen LogP contribution in [-0.4, -0.2) is 55.3 Å². The molecule has 3 heterocycles. The second-order valence-electron chi connectivity index (χ2n) is 6.13. The lowest BCUT2D eigenvalue weighted by Crippen LogP contribution is -2.34. The predicted molar refractivity (Wildman–Crippen MR) is 88.6 cm³/mol. The number of nitrogens with zero attached hydrogens (tertiary/aromatic N) is 3. The summed E-state index contributed by atoms with van der Waals surface area (Å²) in [5.74, 6) is 2.67. The van der Waals surface area contributed by atoms with E-state index in [1.54, 1.807) is 0 Å². The van der Waals surface area contributed by atoms with E-state index in [0.717, 1.165) is 37.0 Å². The van der Waals surface area contributed by atoms with Crippen LogP contribution in [0.3, 0.4) is 0 Å². The summed E-state index contributed by atoms with van der Waals surface area (Å²) in [7, 11) is 0. The Hall–Kier alpha value is -1.89. The van der Waals surface area contributed by atoms with Crippen molar-refractivity contribution >= 4 is 17.5 Å². The van der Waals surface area contributed by atoms with Crippen molar-refractivity contribution < 1.29 is 9.53 Å². The Morgan fingerprint density at radius 1 is 1.35 bits per heavy atom. The van der Waals surface area contributed by atoms with Gasteiger partial charge in [0.05, 0.1) is 12.5 Å². The van der Waals surface area contributed by atoms with Gasteiger partial charge in [0.25, 0.3) is 0 Å². The average Bonchev–Trinajstić information content (AvgIpc) is 3.23. The van der Waals surface area contributed by atoms with Crippen LogP contribution in [0.25, 0.3) is 0 Å². The van der Waals surface area contributed by atoms with Crippen molar-refractivity contribution in [1.82, 2.24) is 15.3 Å². The third-order valence-corrected chi connectivity index (χ3v) is 4.29. The SMILES string of the molecule is Cc1nc(NCCNC(=O)C2CCOC2)cc(N2CCCC2)n1. The molecule has 0 radical (unpaired) electrons. The largest absolute Gasteiger partial charge is 0.381 e. The molecule has 0 saturated carbocycles. The van der Waals surface area contributed by atoms with E-state index in [9.17, 15) is 4.79 Å². The highest BCUT2D eigenvalue weighted by atomic mass is 16.5. The topological polar surface area (TPSA) is 79.4 Å². The highest BCUT2D eigenvalue weighted by molar-refractivity contribution is 5.79. The van der Waals surface area contributed by atoms with Gasteiger partial charge in [0, 0.05) is 38.9 Å². The van der Waals surface area contributed by atoms with Gasteiger partial charge in [-0.05, 0) is 26.2 Å². The Labute approximate surface area is 136 Å². The van der Waals surface area contributed by atoms with Crippen molar-refractivity contribution in [2.24, 2.45) is 5.92 Å². The van der Waals surface area contributed by atoms with Crippen LogP contribution in [0, 0.1) is 12.8 Å². The normalized spacial score (nSPS) is 20.7. The van der Waals surface area contributed by atoms with E-state index in [0.29, 0.717) is 26.3 Å². The molecule has 1 unspecified atom stereocenters. The zero-order valence-electron chi connectivity index (χ0n) is 13.7. The lowest BCUT2D eigenvalue weighted by Gasteiger charge is -2.18. The molecule has 1 aromatic rings. The Kier molecular flexibility index (Phi) is 5.27. The van der Waals surface area contributed by atoms with E-state index in [4.69, 9.17) is 4.74 Å². The van der Waals surface area contributed by atoms with Crippen molar-refractivity contribution in [1.29, 1.82) is 0 Å². The van der Waals surface area contributed by atoms with E-state index >= 15 is 0 Å². The molecule has 23 heavy (non-hydrogen) atoms. The van der Waals surface area contributed by atoms with E-state index in [-0.39, 0.29) is 11.8 Å². The van der Waals surface area contributed by atoms with Crippen LogP contribution in [0.5, 0.6) is 0 Å². The van der Waals surface area contributed by atoms with Gasteiger partial charge in [-0.1, -0.05) is 0 Å². The summed E-state index contributed by atoms with van der Waals surface area (Å²) in [6.45, 7) is 6.50. The van der Waals surface area contributed by atoms with Gasteiger partial charge < -0.3 is 20.3 Å². The summed E-state index contributed by atoms with van der Waals surface area (Å²) < 4.78 is 5.23. The molecule has 1 atom stereocenters. The van der Waals surface area contributed by atoms with Crippen LogP contribution in [0.15, 0.2) is 6.07 Å². The van der Waals surface area contributed by atoms with Crippen LogP contribution in [-0.2, 0) is 9.53 Å². The number of aryl methyl sites for hydroxylation is 1. The maximum atomic E-state index is 11.9. The molecule has 1 amide bonds. The number of rotatable bonds is 6. The van der Waals surface area contributed by atoms with Crippen LogP contribution in [0.2, 0.25) is 0 Å². The standard InChI is InChI=1S/C16H25N5O2/c1-12-19-14(10-15(20-12)21-7-2-3-8-21)17-5-6-18-16(22)13-4-9-23-11-13/h10,13H,2-9,11H2,1H3,(H,18,22)(H,17,19,20). The zero-order chi connectivity index (χ0) is 16.1. The highest BCUT2D eigenvalue weighted by Gasteiger charge is 2.22. The predicted octanol–water partition coefficient (Wildman–Crippen LogP) is 0.950. The van der Waals surface area contributed by atoms with Crippen molar-refractivity contribution in [3.8, 4) is 0 Å². The van der Waals surface area contributed by atoms with E-state index < -0.39 is 0 Å². The summed E-state index contributed by atoms with van der Waals surface area (Å²) in [5, 5.41) is 6.22. The summed E-state index contributed by atoms with van der Waals surface area (Å²) in [5.41, 5.74) is 0. The molecule has 126 valence electrons. The fraction of sp³-hybridized carbons (Fsp3) is 0.688. The first-order chi connectivity index (χ1) is 11.2. The number of ether oxygens (including phenoxy) is 1. The van der Waals surface area contributed by atoms with E-state index in [2.05, 4.69) is 25.5 Å².